The second kappa shape index (κ2) is 11.6. The van der Waals surface area contributed by atoms with E-state index < -0.39 is 0 Å². The van der Waals surface area contributed by atoms with Crippen LogP contribution in [0.15, 0.2) is 109 Å². The molecule has 4 aromatic carbocycles. The SMILES string of the molecule is COc1ccc(-c2c(C#Cc3ccccc3)[se]c(C#Cc3ccccc3)c2-c2ccc(OC)cc2)cc1. The fourth-order valence-corrected chi connectivity index (χ4v) is 6.18. The Bertz CT molecular complexity index is 1480. The first-order valence-corrected chi connectivity index (χ1v) is 13.6. The van der Waals surface area contributed by atoms with Gasteiger partial charge >= 0.3 is 225 Å². The third-order valence-electron chi connectivity index (χ3n) is 5.85. The summed E-state index contributed by atoms with van der Waals surface area (Å²) in [6.07, 6.45) is 0. The molecular weight excluding hydrogens is 519 g/mol. The number of hydrogen-bond acceptors (Lipinski definition) is 2. The van der Waals surface area contributed by atoms with Crippen molar-refractivity contribution in [3.8, 4) is 57.4 Å². The molecule has 0 aliphatic carbocycles. The molecule has 0 amide bonds. The Hall–Kier alpha value is -4.40. The van der Waals surface area contributed by atoms with Gasteiger partial charge in [0.2, 0.25) is 0 Å². The number of ether oxygens (including phenoxy) is 2. The van der Waals surface area contributed by atoms with Crippen LogP contribution in [-0.4, -0.2) is 28.7 Å². The number of benzene rings is 4. The second-order valence-corrected chi connectivity index (χ2v) is 10.3. The summed E-state index contributed by atoms with van der Waals surface area (Å²) in [6, 6.07) is 36.6. The molecule has 0 aliphatic heterocycles. The van der Waals surface area contributed by atoms with E-state index in [0.717, 1.165) is 53.8 Å². The van der Waals surface area contributed by atoms with E-state index in [4.69, 9.17) is 9.47 Å². The molecule has 0 unspecified atom stereocenters. The third kappa shape index (κ3) is 5.72. The Morgan fingerprint density at radius 2 is 0.838 bits per heavy atom. The van der Waals surface area contributed by atoms with Crippen LogP contribution in [0.4, 0.5) is 0 Å². The van der Waals surface area contributed by atoms with Crippen LogP contribution in [0.5, 0.6) is 11.5 Å². The van der Waals surface area contributed by atoms with Gasteiger partial charge in [0, 0.05) is 0 Å². The molecule has 0 N–H and O–H groups in total. The van der Waals surface area contributed by atoms with Crippen LogP contribution in [0, 0.1) is 23.7 Å². The maximum atomic E-state index is 5.42. The maximum absolute atomic E-state index is 5.42. The van der Waals surface area contributed by atoms with E-state index in [1.165, 1.54) is 0 Å². The molecule has 2 nitrogen and oxygen atoms in total. The van der Waals surface area contributed by atoms with Gasteiger partial charge in [-0.25, -0.2) is 0 Å². The molecule has 0 spiro atoms. The Labute approximate surface area is 224 Å². The van der Waals surface area contributed by atoms with E-state index in [2.05, 4.69) is 47.9 Å². The van der Waals surface area contributed by atoms with Gasteiger partial charge in [-0.15, -0.1) is 0 Å². The summed E-state index contributed by atoms with van der Waals surface area (Å²) >= 11 is -0.0475. The predicted octanol–water partition coefficient (Wildman–Crippen LogP) is 6.89. The van der Waals surface area contributed by atoms with Gasteiger partial charge in [-0.2, -0.15) is 0 Å². The van der Waals surface area contributed by atoms with Gasteiger partial charge < -0.3 is 0 Å². The van der Waals surface area contributed by atoms with Crippen molar-refractivity contribution in [2.45, 2.75) is 0 Å². The molecule has 1 heterocycles. The molecule has 37 heavy (non-hydrogen) atoms. The van der Waals surface area contributed by atoms with E-state index >= 15 is 0 Å². The van der Waals surface area contributed by atoms with Crippen molar-refractivity contribution in [1.82, 2.24) is 0 Å². The molecule has 0 fully saturated rings. The number of rotatable bonds is 4. The average molecular weight is 544 g/mol. The summed E-state index contributed by atoms with van der Waals surface area (Å²) < 4.78 is 13.1. The van der Waals surface area contributed by atoms with Crippen LogP contribution in [0.1, 0.15) is 20.0 Å². The zero-order chi connectivity index (χ0) is 25.5. The average Bonchev–Trinajstić information content (AvgIpc) is 3.34. The van der Waals surface area contributed by atoms with Gasteiger partial charge in [-0.05, 0) is 0 Å². The van der Waals surface area contributed by atoms with Gasteiger partial charge in [0.05, 0.1) is 0 Å². The van der Waals surface area contributed by atoms with Crippen molar-refractivity contribution in [1.29, 1.82) is 0 Å². The van der Waals surface area contributed by atoms with Crippen molar-refractivity contribution < 1.29 is 9.47 Å². The number of hydrogen-bond donors (Lipinski definition) is 0. The predicted molar refractivity (Wildman–Crippen MR) is 152 cm³/mol. The van der Waals surface area contributed by atoms with Gasteiger partial charge in [0.1, 0.15) is 0 Å². The Kier molecular flexibility index (Phi) is 7.59. The first kappa shape index (κ1) is 24.3. The molecule has 0 bridgehead atoms. The van der Waals surface area contributed by atoms with Crippen LogP contribution < -0.4 is 9.47 Å². The Balaban J connectivity index is 1.75. The number of methoxy groups -OCH3 is 2. The monoisotopic (exact) mass is 544 g/mol. The first-order chi connectivity index (χ1) is 18.2. The molecule has 1 aromatic heterocycles. The van der Waals surface area contributed by atoms with Crippen LogP contribution >= 0.6 is 0 Å². The second-order valence-electron chi connectivity index (χ2n) is 8.20. The molecule has 3 heteroatoms. The van der Waals surface area contributed by atoms with Crippen LogP contribution in [0.3, 0.4) is 0 Å². The minimum absolute atomic E-state index is 0.0475. The van der Waals surface area contributed by atoms with Crippen LogP contribution in [-0.2, 0) is 0 Å². The molecule has 5 rings (SSSR count). The van der Waals surface area contributed by atoms with E-state index in [9.17, 15) is 0 Å². The summed E-state index contributed by atoms with van der Waals surface area (Å²) in [5.41, 5.74) is 6.45. The fourth-order valence-electron chi connectivity index (χ4n) is 3.97. The topological polar surface area (TPSA) is 18.5 Å². The zero-order valence-corrected chi connectivity index (χ0v) is 22.3. The molecular formula is C34H24O2Se. The van der Waals surface area contributed by atoms with E-state index in [1.807, 2.05) is 84.9 Å². The van der Waals surface area contributed by atoms with E-state index in [1.54, 1.807) is 14.2 Å². The zero-order valence-electron chi connectivity index (χ0n) is 20.6. The summed E-state index contributed by atoms with van der Waals surface area (Å²) in [5.74, 6) is 15.4. The first-order valence-electron chi connectivity index (χ1n) is 11.8. The molecule has 0 radical (unpaired) electrons. The van der Waals surface area contributed by atoms with E-state index in [-0.39, 0.29) is 14.5 Å². The Morgan fingerprint density at radius 3 is 1.19 bits per heavy atom. The summed E-state index contributed by atoms with van der Waals surface area (Å²) in [7, 11) is 3.37. The molecule has 0 atom stereocenters. The Morgan fingerprint density at radius 1 is 0.459 bits per heavy atom. The van der Waals surface area contributed by atoms with Gasteiger partial charge in [-0.3, -0.25) is 0 Å². The van der Waals surface area contributed by atoms with Crippen molar-refractivity contribution in [3.63, 3.8) is 0 Å². The quantitative estimate of drug-likeness (QED) is 0.182. The van der Waals surface area contributed by atoms with Crippen LogP contribution in [0.25, 0.3) is 22.3 Å². The normalized spacial score (nSPS) is 10.0. The van der Waals surface area contributed by atoms with Crippen molar-refractivity contribution in [3.05, 3.63) is 129 Å². The standard InChI is InChI=1S/C34H24O2Se/c1-35-29-19-15-27(16-20-29)33-31(23-13-25-9-5-3-6-10-25)37-32(24-14-26-11-7-4-8-12-26)34(33)28-17-21-30(36-2)22-18-28/h3-12,15-22H,1-2H3. The van der Waals surface area contributed by atoms with Gasteiger partial charge in [0.15, 0.2) is 0 Å². The van der Waals surface area contributed by atoms with Crippen LogP contribution in [0.2, 0.25) is 0 Å². The molecule has 0 saturated heterocycles. The molecule has 5 aromatic rings. The summed E-state index contributed by atoms with van der Waals surface area (Å²) in [4.78, 5) is 0. The van der Waals surface area contributed by atoms with E-state index in [0.29, 0.717) is 0 Å². The van der Waals surface area contributed by atoms with Crippen molar-refractivity contribution in [2.24, 2.45) is 0 Å². The van der Waals surface area contributed by atoms with Crippen molar-refractivity contribution >= 4 is 14.5 Å². The molecule has 0 aliphatic rings. The summed E-state index contributed by atoms with van der Waals surface area (Å²) in [6.45, 7) is 0. The third-order valence-corrected chi connectivity index (χ3v) is 8.00. The van der Waals surface area contributed by atoms with Gasteiger partial charge in [0.25, 0.3) is 0 Å². The van der Waals surface area contributed by atoms with Gasteiger partial charge in [-0.1, -0.05) is 0 Å². The summed E-state index contributed by atoms with van der Waals surface area (Å²) in [5, 5.41) is 0. The molecule has 0 saturated carbocycles. The molecule has 178 valence electrons. The minimum atomic E-state index is -0.0475. The fraction of sp³-hybridized carbons (Fsp3) is 0.0588. The van der Waals surface area contributed by atoms with Crippen molar-refractivity contribution in [2.75, 3.05) is 14.2 Å².